The summed E-state index contributed by atoms with van der Waals surface area (Å²) in [6.07, 6.45) is 2.54. The molecule has 2 heterocycles. The Balaban J connectivity index is 1.47. The Bertz CT molecular complexity index is 1010. The highest BCUT2D eigenvalue weighted by molar-refractivity contribution is 8.15. The van der Waals surface area contributed by atoms with Gasteiger partial charge in [0.05, 0.1) is 5.71 Å². The van der Waals surface area contributed by atoms with Crippen molar-refractivity contribution in [1.82, 2.24) is 4.90 Å². The fourth-order valence-electron chi connectivity index (χ4n) is 3.82. The topological polar surface area (TPSA) is 57.1 Å². The van der Waals surface area contributed by atoms with E-state index in [1.54, 1.807) is 17.8 Å². The molecule has 1 saturated heterocycles. The van der Waals surface area contributed by atoms with Crippen LogP contribution in [0.4, 0.5) is 10.5 Å². The third-order valence-electron chi connectivity index (χ3n) is 5.61. The number of amides is 2. The molecule has 0 atom stereocenters. The molecule has 0 bridgehead atoms. The molecule has 1 N–H and O–H groups in total. The minimum absolute atomic E-state index is 0.102. The number of nitrogens with one attached hydrogen (secondary N) is 1. The van der Waals surface area contributed by atoms with Gasteiger partial charge < -0.3 is 10.2 Å². The summed E-state index contributed by atoms with van der Waals surface area (Å²) in [7, 11) is 0. The Morgan fingerprint density at radius 3 is 2.61 bits per heavy atom. The lowest BCUT2D eigenvalue weighted by molar-refractivity contribution is 0.175. The van der Waals surface area contributed by atoms with Crippen LogP contribution in [0.2, 0.25) is 5.02 Å². The highest BCUT2D eigenvalue weighted by Gasteiger charge is 2.40. The maximum atomic E-state index is 12.8. The summed E-state index contributed by atoms with van der Waals surface area (Å²) in [5.74, 6) is 1.02. The number of aliphatic imine (C=N–C) groups is 2. The van der Waals surface area contributed by atoms with Gasteiger partial charge in [0.25, 0.3) is 0 Å². The van der Waals surface area contributed by atoms with Gasteiger partial charge in [-0.3, -0.25) is 4.99 Å². The first kappa shape index (κ1) is 21.9. The summed E-state index contributed by atoms with van der Waals surface area (Å²) in [6, 6.07) is 15.7. The van der Waals surface area contributed by atoms with E-state index in [1.807, 2.05) is 42.2 Å². The van der Waals surface area contributed by atoms with Crippen LogP contribution in [0.5, 0.6) is 0 Å². The quantitative estimate of drug-likeness (QED) is 0.614. The SMILES string of the molecule is CCCSC1=NC2(CCN(C(=O)Nc3cc(Cl)ccc3C)CC2)N=C1c1ccccc1. The molecule has 1 fully saturated rings. The first-order valence-corrected chi connectivity index (χ1v) is 12.1. The number of anilines is 1. The van der Waals surface area contributed by atoms with Crippen molar-refractivity contribution in [2.75, 3.05) is 24.2 Å². The maximum absolute atomic E-state index is 12.8. The lowest BCUT2D eigenvalue weighted by atomic mass is 9.98. The smallest absolute Gasteiger partial charge is 0.321 e. The largest absolute Gasteiger partial charge is 0.324 e. The number of piperidine rings is 1. The molecule has 1 spiro atoms. The fraction of sp³-hybridized carbons (Fsp3) is 0.375. The van der Waals surface area contributed by atoms with Gasteiger partial charge in [0, 0.05) is 42.2 Å². The third-order valence-corrected chi connectivity index (χ3v) is 7.02. The molecule has 31 heavy (non-hydrogen) atoms. The minimum Gasteiger partial charge on any atom is -0.324 e. The Kier molecular flexibility index (Phi) is 6.68. The number of aryl methyl sites for hydroxylation is 1. The summed E-state index contributed by atoms with van der Waals surface area (Å²) in [5.41, 5.74) is 3.38. The standard InChI is InChI=1S/C24H27ClN4OS/c1-3-15-31-22-21(18-7-5-4-6-8-18)27-24(28-22)11-13-29(14-12-24)23(30)26-20-16-19(25)10-9-17(20)2/h4-10,16H,3,11-15H2,1-2H3,(H,26,30). The Morgan fingerprint density at radius 2 is 1.90 bits per heavy atom. The molecule has 0 unspecified atom stereocenters. The highest BCUT2D eigenvalue weighted by atomic mass is 35.5. The predicted molar refractivity (Wildman–Crippen MR) is 132 cm³/mol. The molecule has 4 rings (SSSR count). The van der Waals surface area contributed by atoms with E-state index in [-0.39, 0.29) is 6.03 Å². The number of halogens is 1. The number of carbonyl (C=O) groups excluding carboxylic acids is 1. The molecular formula is C24H27ClN4OS. The van der Waals surface area contributed by atoms with Crippen molar-refractivity contribution in [2.45, 2.75) is 38.8 Å². The number of thioether (sulfide) groups is 1. The van der Waals surface area contributed by atoms with Crippen molar-refractivity contribution >= 4 is 45.8 Å². The molecule has 7 heteroatoms. The molecule has 2 amide bonds. The van der Waals surface area contributed by atoms with Crippen LogP contribution in [-0.2, 0) is 0 Å². The van der Waals surface area contributed by atoms with Crippen LogP contribution in [0, 0.1) is 6.92 Å². The van der Waals surface area contributed by atoms with Gasteiger partial charge in [0.15, 0.2) is 5.66 Å². The van der Waals surface area contributed by atoms with Crippen LogP contribution >= 0.6 is 23.4 Å². The summed E-state index contributed by atoms with van der Waals surface area (Å²) in [6.45, 7) is 5.37. The lowest BCUT2D eigenvalue weighted by Crippen LogP contribution is -2.46. The van der Waals surface area contributed by atoms with Crippen molar-refractivity contribution < 1.29 is 4.79 Å². The first-order chi connectivity index (χ1) is 15.0. The molecular weight excluding hydrogens is 428 g/mol. The number of benzene rings is 2. The molecule has 162 valence electrons. The zero-order valence-electron chi connectivity index (χ0n) is 17.9. The second kappa shape index (κ2) is 9.45. The van der Waals surface area contributed by atoms with E-state index in [4.69, 9.17) is 21.6 Å². The molecule has 2 aliphatic rings. The van der Waals surface area contributed by atoms with Crippen molar-refractivity contribution in [3.8, 4) is 0 Å². The Hall–Kier alpha value is -2.31. The molecule has 2 aromatic rings. The van der Waals surface area contributed by atoms with Gasteiger partial charge in [0.1, 0.15) is 5.04 Å². The van der Waals surface area contributed by atoms with Crippen molar-refractivity contribution in [3.05, 3.63) is 64.7 Å². The molecule has 0 radical (unpaired) electrons. The number of likely N-dealkylation sites (tertiary alicyclic amines) is 1. The summed E-state index contributed by atoms with van der Waals surface area (Å²) < 4.78 is 0. The predicted octanol–water partition coefficient (Wildman–Crippen LogP) is 6.02. The zero-order chi connectivity index (χ0) is 21.8. The van der Waals surface area contributed by atoms with Crippen molar-refractivity contribution in [3.63, 3.8) is 0 Å². The molecule has 2 aromatic carbocycles. The van der Waals surface area contributed by atoms with Crippen LogP contribution in [0.1, 0.15) is 37.3 Å². The second-order valence-electron chi connectivity index (χ2n) is 7.95. The Morgan fingerprint density at radius 1 is 1.16 bits per heavy atom. The molecule has 0 aromatic heterocycles. The summed E-state index contributed by atoms with van der Waals surface area (Å²) in [4.78, 5) is 24.8. The molecule has 0 saturated carbocycles. The van der Waals surface area contributed by atoms with Crippen molar-refractivity contribution in [1.29, 1.82) is 0 Å². The fourth-order valence-corrected chi connectivity index (χ4v) is 4.93. The number of urea groups is 1. The zero-order valence-corrected chi connectivity index (χ0v) is 19.5. The van der Waals surface area contributed by atoms with Gasteiger partial charge in [-0.05, 0) is 36.8 Å². The van der Waals surface area contributed by atoms with Gasteiger partial charge in [-0.25, -0.2) is 9.79 Å². The summed E-state index contributed by atoms with van der Waals surface area (Å²) >= 11 is 7.87. The highest BCUT2D eigenvalue weighted by Crippen LogP contribution is 2.36. The minimum atomic E-state index is -0.454. The van der Waals surface area contributed by atoms with Gasteiger partial charge in [-0.15, -0.1) is 11.8 Å². The average molecular weight is 455 g/mol. The van der Waals surface area contributed by atoms with E-state index in [9.17, 15) is 4.79 Å². The third kappa shape index (κ3) is 4.96. The lowest BCUT2D eigenvalue weighted by Gasteiger charge is -2.35. The van der Waals surface area contributed by atoms with E-state index in [0.29, 0.717) is 18.1 Å². The van der Waals surface area contributed by atoms with Gasteiger partial charge >= 0.3 is 6.03 Å². The maximum Gasteiger partial charge on any atom is 0.321 e. The van der Waals surface area contributed by atoms with E-state index in [2.05, 4.69) is 24.4 Å². The van der Waals surface area contributed by atoms with Crippen LogP contribution in [0.25, 0.3) is 0 Å². The van der Waals surface area contributed by atoms with E-state index in [1.165, 1.54) is 0 Å². The van der Waals surface area contributed by atoms with Gasteiger partial charge in [0.2, 0.25) is 0 Å². The van der Waals surface area contributed by atoms with Crippen LogP contribution < -0.4 is 5.32 Å². The number of hydrogen-bond acceptors (Lipinski definition) is 4. The molecule has 5 nitrogen and oxygen atoms in total. The van der Waals surface area contributed by atoms with E-state index in [0.717, 1.165) is 52.6 Å². The van der Waals surface area contributed by atoms with Crippen molar-refractivity contribution in [2.24, 2.45) is 9.98 Å². The number of carbonyl (C=O) groups is 1. The van der Waals surface area contributed by atoms with Gasteiger partial charge in [-0.1, -0.05) is 54.9 Å². The van der Waals surface area contributed by atoms with Gasteiger partial charge in [-0.2, -0.15) is 0 Å². The average Bonchev–Trinajstić information content (AvgIpc) is 3.13. The number of nitrogens with zero attached hydrogens (tertiary/aromatic N) is 3. The van der Waals surface area contributed by atoms with Crippen LogP contribution in [0.3, 0.4) is 0 Å². The normalized spacial score (nSPS) is 17.5. The van der Waals surface area contributed by atoms with E-state index < -0.39 is 5.66 Å². The van der Waals surface area contributed by atoms with Crippen LogP contribution in [0.15, 0.2) is 58.5 Å². The summed E-state index contributed by atoms with van der Waals surface area (Å²) in [5, 5.41) is 4.64. The molecule has 2 aliphatic heterocycles. The monoisotopic (exact) mass is 454 g/mol. The first-order valence-electron chi connectivity index (χ1n) is 10.7. The Labute approximate surface area is 193 Å². The number of rotatable bonds is 4. The van der Waals surface area contributed by atoms with E-state index >= 15 is 0 Å². The molecule has 0 aliphatic carbocycles. The number of hydrogen-bond donors (Lipinski definition) is 1. The second-order valence-corrected chi connectivity index (χ2v) is 9.47. The van der Waals surface area contributed by atoms with Crippen LogP contribution in [-0.4, -0.2) is 46.2 Å².